The maximum absolute atomic E-state index is 6.24. The van der Waals surface area contributed by atoms with Gasteiger partial charge in [-0.3, -0.25) is 4.57 Å². The number of hydrogen-bond donors (Lipinski definition) is 0. The zero-order chi connectivity index (χ0) is 17.3. The summed E-state index contributed by atoms with van der Waals surface area (Å²) in [5.41, 5.74) is 3.69. The Balaban J connectivity index is 1.57. The van der Waals surface area contributed by atoms with Gasteiger partial charge in [-0.05, 0) is 31.0 Å². The lowest BCUT2D eigenvalue weighted by molar-refractivity contribution is 0.380. The van der Waals surface area contributed by atoms with E-state index in [2.05, 4.69) is 29.2 Å². The SMILES string of the molecule is Clc1ccc2c(c1)-c1nccn1Cc1c(-c3noc(C4CC4)n3)ncn1-2. The highest BCUT2D eigenvalue weighted by Crippen LogP contribution is 2.40. The largest absolute Gasteiger partial charge is 0.339 e. The number of halogens is 1. The highest BCUT2D eigenvalue weighted by atomic mass is 35.5. The first kappa shape index (κ1) is 14.3. The minimum atomic E-state index is 0.417. The van der Waals surface area contributed by atoms with Crippen LogP contribution in [0.3, 0.4) is 0 Å². The predicted octanol–water partition coefficient (Wildman–Crippen LogP) is 3.68. The molecular weight excluding hydrogens is 352 g/mol. The Hall–Kier alpha value is -2.93. The van der Waals surface area contributed by atoms with Crippen LogP contribution < -0.4 is 0 Å². The van der Waals surface area contributed by atoms with Crippen LogP contribution in [0.2, 0.25) is 5.02 Å². The van der Waals surface area contributed by atoms with Crippen LogP contribution in [0.5, 0.6) is 0 Å². The van der Waals surface area contributed by atoms with Gasteiger partial charge in [0.05, 0.1) is 17.9 Å². The molecule has 1 fully saturated rings. The topological polar surface area (TPSA) is 74.6 Å². The van der Waals surface area contributed by atoms with Gasteiger partial charge in [0.25, 0.3) is 0 Å². The average Bonchev–Trinajstić information content (AvgIpc) is 3.06. The predicted molar refractivity (Wildman–Crippen MR) is 94.2 cm³/mol. The van der Waals surface area contributed by atoms with Gasteiger partial charge in [-0.15, -0.1) is 0 Å². The summed E-state index contributed by atoms with van der Waals surface area (Å²) in [7, 11) is 0. The summed E-state index contributed by atoms with van der Waals surface area (Å²) in [4.78, 5) is 13.7. The summed E-state index contributed by atoms with van der Waals surface area (Å²) in [5, 5.41) is 4.84. The lowest BCUT2D eigenvalue weighted by Crippen LogP contribution is -2.03. The number of rotatable bonds is 2. The molecule has 128 valence electrons. The Morgan fingerprint density at radius 2 is 2.12 bits per heavy atom. The van der Waals surface area contributed by atoms with Crippen molar-refractivity contribution in [2.75, 3.05) is 0 Å². The summed E-state index contributed by atoms with van der Waals surface area (Å²) in [6, 6.07) is 5.80. The van der Waals surface area contributed by atoms with Gasteiger partial charge < -0.3 is 9.09 Å². The number of benzene rings is 1. The Labute approximate surface area is 153 Å². The molecule has 1 aromatic carbocycles. The molecule has 26 heavy (non-hydrogen) atoms. The average molecular weight is 365 g/mol. The molecule has 0 atom stereocenters. The molecule has 0 spiro atoms. The van der Waals surface area contributed by atoms with E-state index in [0.717, 1.165) is 41.3 Å². The van der Waals surface area contributed by atoms with Crippen LogP contribution in [0.25, 0.3) is 28.6 Å². The van der Waals surface area contributed by atoms with Crippen molar-refractivity contribution in [2.24, 2.45) is 0 Å². The summed E-state index contributed by atoms with van der Waals surface area (Å²) >= 11 is 6.24. The van der Waals surface area contributed by atoms with Gasteiger partial charge in [0.1, 0.15) is 17.8 Å². The number of hydrogen-bond acceptors (Lipinski definition) is 5. The van der Waals surface area contributed by atoms with Crippen LogP contribution in [0, 0.1) is 0 Å². The normalized spacial score (nSPS) is 15.3. The van der Waals surface area contributed by atoms with Gasteiger partial charge in [0, 0.05) is 28.9 Å². The Morgan fingerprint density at radius 1 is 1.19 bits per heavy atom. The maximum atomic E-state index is 6.24. The first-order valence-electron chi connectivity index (χ1n) is 8.49. The minimum Gasteiger partial charge on any atom is -0.339 e. The van der Waals surface area contributed by atoms with Gasteiger partial charge in [-0.1, -0.05) is 16.8 Å². The molecule has 2 aliphatic rings. The van der Waals surface area contributed by atoms with E-state index in [-0.39, 0.29) is 0 Å². The molecular formula is C18H13ClN6O. The van der Waals surface area contributed by atoms with E-state index in [9.17, 15) is 0 Å². The van der Waals surface area contributed by atoms with Crippen molar-refractivity contribution in [3.8, 4) is 28.6 Å². The first-order chi connectivity index (χ1) is 12.8. The van der Waals surface area contributed by atoms with Crippen LogP contribution in [0.15, 0.2) is 41.4 Å². The Bertz CT molecular complexity index is 1150. The van der Waals surface area contributed by atoms with E-state index in [0.29, 0.717) is 29.2 Å². The molecule has 0 radical (unpaired) electrons. The lowest BCUT2D eigenvalue weighted by atomic mass is 10.1. The number of imidazole rings is 2. The second-order valence-corrected chi connectivity index (χ2v) is 7.12. The van der Waals surface area contributed by atoms with Crippen LogP contribution in [0.4, 0.5) is 0 Å². The molecule has 0 saturated heterocycles. The molecule has 8 heteroatoms. The second kappa shape index (κ2) is 5.04. The Morgan fingerprint density at radius 3 is 3.00 bits per heavy atom. The van der Waals surface area contributed by atoms with Crippen molar-refractivity contribution in [1.82, 2.24) is 29.2 Å². The summed E-state index contributed by atoms with van der Waals surface area (Å²) in [6.07, 6.45) is 7.80. The third-order valence-electron chi connectivity index (χ3n) is 4.94. The number of nitrogens with zero attached hydrogens (tertiary/aromatic N) is 6. The molecule has 6 rings (SSSR count). The standard InChI is InChI=1S/C18H13ClN6O/c19-11-3-4-13-12(7-11)17-20-5-6-24(17)8-14-15(21-9-25(13)14)16-22-18(26-23-16)10-1-2-10/h3-7,9-10H,1-2,8H2. The van der Waals surface area contributed by atoms with Gasteiger partial charge >= 0.3 is 0 Å². The third kappa shape index (κ3) is 2.00. The molecule has 3 aromatic heterocycles. The van der Waals surface area contributed by atoms with E-state index in [4.69, 9.17) is 16.1 Å². The molecule has 0 bridgehead atoms. The monoisotopic (exact) mass is 364 g/mol. The van der Waals surface area contributed by atoms with Crippen molar-refractivity contribution in [1.29, 1.82) is 0 Å². The van der Waals surface area contributed by atoms with Gasteiger partial charge in [-0.25, -0.2) is 9.97 Å². The van der Waals surface area contributed by atoms with Crippen molar-refractivity contribution < 1.29 is 4.52 Å². The van der Waals surface area contributed by atoms with E-state index in [1.54, 1.807) is 12.5 Å². The van der Waals surface area contributed by atoms with Crippen LogP contribution in [-0.4, -0.2) is 29.2 Å². The third-order valence-corrected chi connectivity index (χ3v) is 5.18. The van der Waals surface area contributed by atoms with Crippen molar-refractivity contribution in [2.45, 2.75) is 25.3 Å². The summed E-state index contributed by atoms with van der Waals surface area (Å²) in [6.45, 7) is 0.615. The molecule has 4 heterocycles. The molecule has 4 aromatic rings. The van der Waals surface area contributed by atoms with Gasteiger partial charge in [-0.2, -0.15) is 4.98 Å². The fourth-order valence-electron chi connectivity index (χ4n) is 3.49. The van der Waals surface area contributed by atoms with Crippen molar-refractivity contribution in [3.05, 3.63) is 53.5 Å². The van der Waals surface area contributed by atoms with E-state index < -0.39 is 0 Å². The highest BCUT2D eigenvalue weighted by molar-refractivity contribution is 6.31. The zero-order valence-corrected chi connectivity index (χ0v) is 14.4. The van der Waals surface area contributed by atoms with Crippen LogP contribution >= 0.6 is 11.6 Å². The van der Waals surface area contributed by atoms with Crippen LogP contribution in [-0.2, 0) is 6.54 Å². The van der Waals surface area contributed by atoms with E-state index >= 15 is 0 Å². The minimum absolute atomic E-state index is 0.417. The molecule has 1 saturated carbocycles. The second-order valence-electron chi connectivity index (χ2n) is 6.68. The number of aromatic nitrogens is 6. The molecule has 0 amide bonds. The smallest absolute Gasteiger partial charge is 0.230 e. The molecule has 7 nitrogen and oxygen atoms in total. The molecule has 0 N–H and O–H groups in total. The maximum Gasteiger partial charge on any atom is 0.230 e. The number of fused-ring (bicyclic) bond motifs is 5. The van der Waals surface area contributed by atoms with Crippen molar-refractivity contribution in [3.63, 3.8) is 0 Å². The fourth-order valence-corrected chi connectivity index (χ4v) is 3.66. The fraction of sp³-hybridized carbons (Fsp3) is 0.222. The summed E-state index contributed by atoms with van der Waals surface area (Å²) < 4.78 is 9.57. The lowest BCUT2D eigenvalue weighted by Gasteiger charge is -2.08. The van der Waals surface area contributed by atoms with Gasteiger partial charge in [0.2, 0.25) is 11.7 Å². The summed E-state index contributed by atoms with van der Waals surface area (Å²) in [5.74, 6) is 2.55. The highest BCUT2D eigenvalue weighted by Gasteiger charge is 2.31. The van der Waals surface area contributed by atoms with Gasteiger partial charge in [0.15, 0.2) is 0 Å². The quantitative estimate of drug-likeness (QED) is 0.477. The van der Waals surface area contributed by atoms with Crippen molar-refractivity contribution >= 4 is 11.6 Å². The van der Waals surface area contributed by atoms with E-state index in [1.165, 1.54) is 0 Å². The zero-order valence-electron chi connectivity index (χ0n) is 13.6. The molecule has 1 aliphatic carbocycles. The first-order valence-corrected chi connectivity index (χ1v) is 8.87. The van der Waals surface area contributed by atoms with E-state index in [1.807, 2.05) is 24.4 Å². The van der Waals surface area contributed by atoms with Crippen LogP contribution in [0.1, 0.15) is 30.3 Å². The molecule has 0 unspecified atom stereocenters. The Kier molecular flexibility index (Phi) is 2.77. The molecule has 1 aliphatic heterocycles.